The minimum atomic E-state index is 0. The van der Waals surface area contributed by atoms with E-state index in [0.29, 0.717) is 17.5 Å². The number of rotatable bonds is 4. The monoisotopic (exact) mass is 329 g/mol. The van der Waals surface area contributed by atoms with E-state index in [1.807, 2.05) is 0 Å². The van der Waals surface area contributed by atoms with Crippen LogP contribution < -0.4 is 11.1 Å². The van der Waals surface area contributed by atoms with Crippen LogP contribution in [0.4, 0.5) is 0 Å². The molecule has 82 valence electrons. The third kappa shape index (κ3) is 5.70. The van der Waals surface area contributed by atoms with Crippen molar-refractivity contribution in [3.63, 3.8) is 0 Å². The first-order valence-electron chi connectivity index (χ1n) is 4.55. The Morgan fingerprint density at radius 3 is 2.64 bits per heavy atom. The Labute approximate surface area is 107 Å². The summed E-state index contributed by atoms with van der Waals surface area (Å²) in [5.41, 5.74) is 5.59. The minimum absolute atomic E-state index is 0. The first-order chi connectivity index (χ1) is 6.18. The van der Waals surface area contributed by atoms with Gasteiger partial charge in [-0.3, -0.25) is 0 Å². The Hall–Kier alpha value is 0.0300. The first kappa shape index (κ1) is 14.0. The van der Waals surface area contributed by atoms with E-state index >= 15 is 0 Å². The Kier molecular flexibility index (Phi) is 7.35. The van der Waals surface area contributed by atoms with E-state index in [1.165, 1.54) is 19.3 Å². The number of guanidine groups is 1. The van der Waals surface area contributed by atoms with Crippen LogP contribution in [-0.4, -0.2) is 19.0 Å². The van der Waals surface area contributed by atoms with Crippen molar-refractivity contribution in [2.45, 2.75) is 19.3 Å². The molecular formula is C9H17ClIN3. The Morgan fingerprint density at radius 1 is 1.57 bits per heavy atom. The van der Waals surface area contributed by atoms with Gasteiger partial charge in [-0.1, -0.05) is 24.6 Å². The fourth-order valence-electron chi connectivity index (χ4n) is 1.17. The molecule has 1 fully saturated rings. The maximum atomic E-state index is 5.59. The number of hydrogen-bond donors (Lipinski definition) is 2. The van der Waals surface area contributed by atoms with Crippen LogP contribution in [0.25, 0.3) is 0 Å². The highest BCUT2D eigenvalue weighted by atomic mass is 127. The summed E-state index contributed by atoms with van der Waals surface area (Å²) in [5.74, 6) is 1.25. The molecule has 0 aromatic heterocycles. The molecule has 0 atom stereocenters. The minimum Gasteiger partial charge on any atom is -0.370 e. The Bertz CT molecular complexity index is 214. The van der Waals surface area contributed by atoms with Crippen LogP contribution in [-0.2, 0) is 0 Å². The van der Waals surface area contributed by atoms with Gasteiger partial charge in [0, 0.05) is 11.6 Å². The second kappa shape index (κ2) is 7.34. The van der Waals surface area contributed by atoms with Crippen molar-refractivity contribution >= 4 is 41.5 Å². The maximum Gasteiger partial charge on any atom is 0.188 e. The molecule has 1 aliphatic carbocycles. The summed E-state index contributed by atoms with van der Waals surface area (Å²) in [6, 6.07) is 0. The zero-order valence-corrected chi connectivity index (χ0v) is 11.2. The summed E-state index contributed by atoms with van der Waals surface area (Å²) in [7, 11) is 0. The standard InChI is InChI=1S/C9H16ClN3.HI/c1-7(10)5-12-9(11)13-6-8-3-2-4-8;/h8H,1-6H2,(H3,11,12,13);1H. The molecule has 0 radical (unpaired) electrons. The molecule has 1 rings (SSSR count). The van der Waals surface area contributed by atoms with E-state index < -0.39 is 0 Å². The van der Waals surface area contributed by atoms with Crippen LogP contribution in [0.2, 0.25) is 0 Å². The number of hydrogen-bond acceptors (Lipinski definition) is 1. The molecule has 0 aromatic carbocycles. The largest absolute Gasteiger partial charge is 0.370 e. The lowest BCUT2D eigenvalue weighted by Gasteiger charge is -2.25. The number of nitrogens with zero attached hydrogens (tertiary/aromatic N) is 1. The summed E-state index contributed by atoms with van der Waals surface area (Å²) in [4.78, 5) is 4.01. The molecule has 0 saturated heterocycles. The van der Waals surface area contributed by atoms with Crippen LogP contribution in [0.15, 0.2) is 16.6 Å². The van der Waals surface area contributed by atoms with E-state index in [0.717, 1.165) is 12.5 Å². The van der Waals surface area contributed by atoms with Gasteiger partial charge in [0.15, 0.2) is 5.96 Å². The average molecular weight is 330 g/mol. The summed E-state index contributed by atoms with van der Waals surface area (Å²) < 4.78 is 0. The van der Waals surface area contributed by atoms with Crippen LogP contribution in [0.3, 0.4) is 0 Å². The molecule has 0 unspecified atom stereocenters. The van der Waals surface area contributed by atoms with Gasteiger partial charge in [-0.15, -0.1) is 24.0 Å². The molecule has 0 heterocycles. The molecule has 3 N–H and O–H groups in total. The number of halogens is 2. The van der Waals surface area contributed by atoms with Crippen molar-refractivity contribution in [1.29, 1.82) is 0 Å². The predicted octanol–water partition coefficient (Wildman–Crippen LogP) is 2.06. The topological polar surface area (TPSA) is 50.4 Å². The van der Waals surface area contributed by atoms with Crippen molar-refractivity contribution < 1.29 is 0 Å². The zero-order chi connectivity index (χ0) is 9.68. The smallest absolute Gasteiger partial charge is 0.188 e. The number of aliphatic imine (C=N–C) groups is 1. The Morgan fingerprint density at radius 2 is 2.21 bits per heavy atom. The van der Waals surface area contributed by atoms with Gasteiger partial charge in [0.05, 0.1) is 6.54 Å². The molecule has 5 heteroatoms. The van der Waals surface area contributed by atoms with Gasteiger partial charge in [0.25, 0.3) is 0 Å². The fraction of sp³-hybridized carbons (Fsp3) is 0.667. The molecule has 1 aliphatic rings. The van der Waals surface area contributed by atoms with Crippen LogP contribution >= 0.6 is 35.6 Å². The van der Waals surface area contributed by atoms with Crippen LogP contribution in [0, 0.1) is 5.92 Å². The maximum absolute atomic E-state index is 5.59. The van der Waals surface area contributed by atoms with Gasteiger partial charge in [0.2, 0.25) is 0 Å². The normalized spacial score (nSPS) is 16.8. The zero-order valence-electron chi connectivity index (χ0n) is 8.13. The van der Waals surface area contributed by atoms with E-state index in [4.69, 9.17) is 17.3 Å². The van der Waals surface area contributed by atoms with Crippen LogP contribution in [0.5, 0.6) is 0 Å². The second-order valence-electron chi connectivity index (χ2n) is 3.40. The number of nitrogens with one attached hydrogen (secondary N) is 1. The third-order valence-electron chi connectivity index (χ3n) is 2.22. The highest BCUT2D eigenvalue weighted by Crippen LogP contribution is 2.24. The summed E-state index contributed by atoms with van der Waals surface area (Å²) in [6.45, 7) is 4.85. The first-order valence-corrected chi connectivity index (χ1v) is 4.93. The molecule has 0 bridgehead atoms. The molecular weight excluding hydrogens is 312 g/mol. The third-order valence-corrected chi connectivity index (χ3v) is 2.34. The molecule has 3 nitrogen and oxygen atoms in total. The fourth-order valence-corrected chi connectivity index (χ4v) is 1.23. The molecule has 14 heavy (non-hydrogen) atoms. The Balaban J connectivity index is 0.00000169. The molecule has 0 amide bonds. The van der Waals surface area contributed by atoms with E-state index in [9.17, 15) is 0 Å². The lowest BCUT2D eigenvalue weighted by molar-refractivity contribution is 0.315. The van der Waals surface area contributed by atoms with E-state index in [-0.39, 0.29) is 24.0 Å². The summed E-state index contributed by atoms with van der Waals surface area (Å²) in [6.07, 6.45) is 3.97. The van der Waals surface area contributed by atoms with E-state index in [2.05, 4.69) is 16.9 Å². The van der Waals surface area contributed by atoms with Gasteiger partial charge in [-0.2, -0.15) is 0 Å². The van der Waals surface area contributed by atoms with Gasteiger partial charge < -0.3 is 11.1 Å². The van der Waals surface area contributed by atoms with Gasteiger partial charge >= 0.3 is 0 Å². The van der Waals surface area contributed by atoms with Crippen molar-refractivity contribution in [3.05, 3.63) is 11.6 Å². The van der Waals surface area contributed by atoms with Crippen LogP contribution in [0.1, 0.15) is 19.3 Å². The van der Waals surface area contributed by atoms with Crippen molar-refractivity contribution in [2.24, 2.45) is 16.6 Å². The quantitative estimate of drug-likeness (QED) is 0.471. The van der Waals surface area contributed by atoms with Crippen molar-refractivity contribution in [3.8, 4) is 0 Å². The predicted molar refractivity (Wildman–Crippen MR) is 72.2 cm³/mol. The second-order valence-corrected chi connectivity index (χ2v) is 3.93. The molecule has 0 spiro atoms. The average Bonchev–Trinajstić information content (AvgIpc) is 1.98. The molecule has 1 saturated carbocycles. The summed E-state index contributed by atoms with van der Waals surface area (Å²) in [5, 5.41) is 3.58. The molecule has 0 aliphatic heterocycles. The highest BCUT2D eigenvalue weighted by molar-refractivity contribution is 14.0. The van der Waals surface area contributed by atoms with Gasteiger partial charge in [0.1, 0.15) is 0 Å². The van der Waals surface area contributed by atoms with Crippen molar-refractivity contribution in [2.75, 3.05) is 13.1 Å². The lowest BCUT2D eigenvalue weighted by atomic mass is 9.85. The van der Waals surface area contributed by atoms with E-state index in [1.54, 1.807) is 0 Å². The number of nitrogens with two attached hydrogens (primary N) is 1. The molecule has 0 aromatic rings. The SMILES string of the molecule is C=C(Cl)CN=C(N)NCC1CCC1.I. The van der Waals surface area contributed by atoms with Gasteiger partial charge in [-0.05, 0) is 18.8 Å². The summed E-state index contributed by atoms with van der Waals surface area (Å²) >= 11 is 5.54. The highest BCUT2D eigenvalue weighted by Gasteiger charge is 2.16. The van der Waals surface area contributed by atoms with Crippen molar-refractivity contribution in [1.82, 2.24) is 5.32 Å². The lowest BCUT2D eigenvalue weighted by Crippen LogP contribution is -2.37. The van der Waals surface area contributed by atoms with Gasteiger partial charge in [-0.25, -0.2) is 4.99 Å².